The van der Waals surface area contributed by atoms with E-state index >= 15 is 0 Å². The SMILES string of the molecule is COc1cc(NS(=O)(=O)c2ccc3c(c2)c2ccc(NC(=O)[C@@H](N)C(C)C)cc2n3C)c(OC)cc1Cl.Cl. The first-order valence-electron chi connectivity index (χ1n) is 11.5. The Hall–Kier alpha value is -3.18. The van der Waals surface area contributed by atoms with Crippen LogP contribution in [0.15, 0.2) is 53.4 Å². The fourth-order valence-corrected chi connectivity index (χ4v) is 5.43. The molecule has 0 aliphatic heterocycles. The van der Waals surface area contributed by atoms with Crippen molar-refractivity contribution >= 4 is 73.1 Å². The van der Waals surface area contributed by atoms with Crippen LogP contribution in [0.4, 0.5) is 11.4 Å². The molecular weight excluding hydrogens is 551 g/mol. The molecule has 1 amide bonds. The van der Waals surface area contributed by atoms with Gasteiger partial charge in [0.2, 0.25) is 5.91 Å². The van der Waals surface area contributed by atoms with Gasteiger partial charge < -0.3 is 25.1 Å². The molecule has 1 aromatic heterocycles. The van der Waals surface area contributed by atoms with Crippen molar-refractivity contribution in [1.29, 1.82) is 0 Å². The molecule has 12 heteroatoms. The van der Waals surface area contributed by atoms with E-state index in [1.54, 1.807) is 18.2 Å². The zero-order valence-corrected chi connectivity index (χ0v) is 23.9. The van der Waals surface area contributed by atoms with Gasteiger partial charge in [-0.1, -0.05) is 31.5 Å². The van der Waals surface area contributed by atoms with Crippen molar-refractivity contribution in [2.24, 2.45) is 18.7 Å². The lowest BCUT2D eigenvalue weighted by Gasteiger charge is -2.15. The first kappa shape index (κ1) is 29.4. The van der Waals surface area contributed by atoms with Gasteiger partial charge in [-0.3, -0.25) is 9.52 Å². The van der Waals surface area contributed by atoms with Gasteiger partial charge in [0.1, 0.15) is 11.5 Å². The Kier molecular flexibility index (Phi) is 8.72. The van der Waals surface area contributed by atoms with Crippen LogP contribution in [-0.4, -0.2) is 39.2 Å². The highest BCUT2D eigenvalue weighted by Gasteiger charge is 2.21. The monoisotopic (exact) mass is 580 g/mol. The van der Waals surface area contributed by atoms with E-state index in [4.69, 9.17) is 26.8 Å². The number of nitrogens with zero attached hydrogens (tertiary/aromatic N) is 1. The Bertz CT molecular complexity index is 1620. The van der Waals surface area contributed by atoms with Crippen LogP contribution >= 0.6 is 24.0 Å². The summed E-state index contributed by atoms with van der Waals surface area (Å²) in [5.74, 6) is 0.306. The summed E-state index contributed by atoms with van der Waals surface area (Å²) in [6, 6.07) is 12.7. The van der Waals surface area contributed by atoms with Crippen molar-refractivity contribution in [3.8, 4) is 11.5 Å². The van der Waals surface area contributed by atoms with Gasteiger partial charge >= 0.3 is 0 Å². The van der Waals surface area contributed by atoms with Crippen LogP contribution in [0.3, 0.4) is 0 Å². The van der Waals surface area contributed by atoms with Gasteiger partial charge in [0.15, 0.2) is 0 Å². The Balaban J connectivity index is 0.00000400. The van der Waals surface area contributed by atoms with Gasteiger partial charge in [0.25, 0.3) is 10.0 Å². The van der Waals surface area contributed by atoms with Crippen molar-refractivity contribution < 1.29 is 22.7 Å². The summed E-state index contributed by atoms with van der Waals surface area (Å²) >= 11 is 6.15. The second kappa shape index (κ2) is 11.3. The number of halogens is 2. The predicted octanol–water partition coefficient (Wildman–Crippen LogP) is 5.15. The maximum Gasteiger partial charge on any atom is 0.262 e. The van der Waals surface area contributed by atoms with Gasteiger partial charge in [-0.05, 0) is 36.2 Å². The highest BCUT2D eigenvalue weighted by molar-refractivity contribution is 7.92. The van der Waals surface area contributed by atoms with Crippen molar-refractivity contribution in [1.82, 2.24) is 4.57 Å². The van der Waals surface area contributed by atoms with Crippen LogP contribution in [-0.2, 0) is 21.9 Å². The lowest BCUT2D eigenvalue weighted by Crippen LogP contribution is -2.39. The number of carbonyl (C=O) groups excluding carboxylic acids is 1. The van der Waals surface area contributed by atoms with E-state index in [-0.39, 0.29) is 40.6 Å². The van der Waals surface area contributed by atoms with E-state index in [1.165, 1.54) is 32.4 Å². The Labute approximate surface area is 232 Å². The summed E-state index contributed by atoms with van der Waals surface area (Å²) in [5, 5.41) is 4.74. The molecule has 0 unspecified atom stereocenters. The molecule has 3 aromatic carbocycles. The third kappa shape index (κ3) is 5.49. The number of sulfonamides is 1. The van der Waals surface area contributed by atoms with E-state index < -0.39 is 16.1 Å². The molecule has 4 N–H and O–H groups in total. The minimum atomic E-state index is -3.99. The predicted molar refractivity (Wildman–Crippen MR) is 154 cm³/mol. The lowest BCUT2D eigenvalue weighted by molar-refractivity contribution is -0.118. The molecular formula is C26H30Cl2N4O5S. The lowest BCUT2D eigenvalue weighted by atomic mass is 10.0. The van der Waals surface area contributed by atoms with E-state index in [1.807, 2.05) is 37.6 Å². The molecule has 4 aromatic rings. The number of benzene rings is 3. The smallest absolute Gasteiger partial charge is 0.262 e. The number of carbonyl (C=O) groups is 1. The number of hydrogen-bond acceptors (Lipinski definition) is 6. The Morgan fingerprint density at radius 3 is 2.29 bits per heavy atom. The zero-order chi connectivity index (χ0) is 27.1. The molecule has 0 spiro atoms. The van der Waals surface area contributed by atoms with E-state index in [9.17, 15) is 13.2 Å². The van der Waals surface area contributed by atoms with Crippen molar-refractivity contribution in [2.45, 2.75) is 24.8 Å². The third-order valence-corrected chi connectivity index (χ3v) is 7.95. The van der Waals surface area contributed by atoms with Crippen LogP contribution in [0.2, 0.25) is 5.02 Å². The van der Waals surface area contributed by atoms with Gasteiger partial charge in [0.05, 0.1) is 41.4 Å². The summed E-state index contributed by atoms with van der Waals surface area (Å²) in [4.78, 5) is 12.5. The van der Waals surface area contributed by atoms with Crippen LogP contribution < -0.4 is 25.2 Å². The molecule has 9 nitrogen and oxygen atoms in total. The molecule has 0 aliphatic carbocycles. The Morgan fingerprint density at radius 1 is 0.974 bits per heavy atom. The fraction of sp³-hybridized carbons (Fsp3) is 0.269. The molecule has 1 atom stereocenters. The van der Waals surface area contributed by atoms with Gasteiger partial charge in [-0.15, -0.1) is 12.4 Å². The minimum Gasteiger partial charge on any atom is -0.495 e. The fourth-order valence-electron chi connectivity index (χ4n) is 4.11. The average molecular weight is 582 g/mol. The largest absolute Gasteiger partial charge is 0.495 e. The minimum absolute atomic E-state index is 0. The van der Waals surface area contributed by atoms with Gasteiger partial charge in [-0.2, -0.15) is 0 Å². The van der Waals surface area contributed by atoms with Crippen LogP contribution in [0.25, 0.3) is 21.8 Å². The van der Waals surface area contributed by atoms with Crippen LogP contribution in [0.5, 0.6) is 11.5 Å². The number of anilines is 2. The number of ether oxygens (including phenoxy) is 2. The van der Waals surface area contributed by atoms with E-state index in [0.717, 1.165) is 21.8 Å². The molecule has 0 radical (unpaired) electrons. The highest BCUT2D eigenvalue weighted by atomic mass is 35.5. The van der Waals surface area contributed by atoms with Gasteiger partial charge in [-0.25, -0.2) is 8.42 Å². The van der Waals surface area contributed by atoms with E-state index in [0.29, 0.717) is 16.5 Å². The standard InChI is InChI=1S/C26H29ClN4O5S.ClH/c1-14(2)25(28)26(32)29-15-6-8-17-18-11-16(7-9-21(18)31(3)22(17)10-15)37(33,34)30-20-13-23(35-4)19(27)12-24(20)36-5;/h6-14,25,30H,28H2,1-5H3,(H,29,32);1H/t25-;/m0./s1. The number of fused-ring (bicyclic) bond motifs is 3. The molecule has 0 bridgehead atoms. The van der Waals surface area contributed by atoms with Gasteiger partial charge in [0, 0.05) is 41.2 Å². The van der Waals surface area contributed by atoms with E-state index in [2.05, 4.69) is 10.0 Å². The number of amides is 1. The molecule has 0 aliphatic rings. The number of hydrogen-bond donors (Lipinski definition) is 3. The summed E-state index contributed by atoms with van der Waals surface area (Å²) in [6.07, 6.45) is 0. The first-order chi connectivity index (χ1) is 17.5. The number of methoxy groups -OCH3 is 2. The molecule has 0 saturated heterocycles. The number of rotatable bonds is 8. The number of nitrogens with one attached hydrogen (secondary N) is 2. The van der Waals surface area contributed by atoms with Crippen LogP contribution in [0.1, 0.15) is 13.8 Å². The average Bonchev–Trinajstić information content (AvgIpc) is 3.14. The normalized spacial score (nSPS) is 12.3. The number of nitrogens with two attached hydrogens (primary N) is 1. The second-order valence-corrected chi connectivity index (χ2v) is 11.1. The molecule has 0 saturated carbocycles. The quantitative estimate of drug-likeness (QED) is 0.265. The van der Waals surface area contributed by atoms with Crippen LogP contribution in [0, 0.1) is 5.92 Å². The Morgan fingerprint density at radius 2 is 1.66 bits per heavy atom. The molecule has 1 heterocycles. The van der Waals surface area contributed by atoms with Crippen molar-refractivity contribution in [3.63, 3.8) is 0 Å². The first-order valence-corrected chi connectivity index (χ1v) is 13.4. The number of aryl methyl sites for hydroxylation is 1. The molecule has 38 heavy (non-hydrogen) atoms. The second-order valence-electron chi connectivity index (χ2n) is 9.02. The third-order valence-electron chi connectivity index (χ3n) is 6.30. The summed E-state index contributed by atoms with van der Waals surface area (Å²) < 4.78 is 41.7. The molecule has 0 fully saturated rings. The molecule has 204 valence electrons. The maximum absolute atomic E-state index is 13.3. The summed E-state index contributed by atoms with van der Waals surface area (Å²) in [7, 11) is 0.759. The topological polar surface area (TPSA) is 125 Å². The summed E-state index contributed by atoms with van der Waals surface area (Å²) in [6.45, 7) is 3.77. The number of aromatic nitrogens is 1. The van der Waals surface area contributed by atoms with Crippen molar-refractivity contribution in [3.05, 3.63) is 53.6 Å². The molecule has 4 rings (SSSR count). The highest BCUT2D eigenvalue weighted by Crippen LogP contribution is 2.38. The van der Waals surface area contributed by atoms with Crippen molar-refractivity contribution in [2.75, 3.05) is 24.3 Å². The zero-order valence-electron chi connectivity index (χ0n) is 21.5. The summed E-state index contributed by atoms with van der Waals surface area (Å²) in [5.41, 5.74) is 8.44. The maximum atomic E-state index is 13.3.